The summed E-state index contributed by atoms with van der Waals surface area (Å²) < 4.78 is 4.87. The zero-order valence-corrected chi connectivity index (χ0v) is 14.4. The first-order valence-corrected chi connectivity index (χ1v) is 7.62. The molecule has 0 spiro atoms. The second-order valence-corrected chi connectivity index (χ2v) is 5.82. The molecule has 0 aliphatic carbocycles. The smallest absolute Gasteiger partial charge is 0.342 e. The fraction of sp³-hybridized carbons (Fsp3) is 0.188. The van der Waals surface area contributed by atoms with Gasteiger partial charge in [0.2, 0.25) is 0 Å². The minimum absolute atomic E-state index is 0.0214. The monoisotopic (exact) mass is 368 g/mol. The van der Waals surface area contributed by atoms with Crippen molar-refractivity contribution in [3.63, 3.8) is 0 Å². The molecule has 0 aliphatic rings. The van der Waals surface area contributed by atoms with Gasteiger partial charge in [0.05, 0.1) is 10.0 Å². The molecule has 0 radical (unpaired) electrons. The van der Waals surface area contributed by atoms with Gasteiger partial charge in [0.25, 0.3) is 5.91 Å². The highest BCUT2D eigenvalue weighted by molar-refractivity contribution is 6.37. The van der Waals surface area contributed by atoms with Crippen LogP contribution in [0.2, 0.25) is 10.0 Å². The van der Waals surface area contributed by atoms with E-state index in [1.807, 2.05) is 0 Å². The number of nitrogens with one attached hydrogen (secondary N) is 1. The number of aromatic hydroxyl groups is 1. The second kappa shape index (κ2) is 7.51. The van der Waals surface area contributed by atoms with Gasteiger partial charge in [-0.25, -0.2) is 9.78 Å². The number of phenols is 1. The molecule has 126 valence electrons. The van der Waals surface area contributed by atoms with E-state index in [2.05, 4.69) is 10.3 Å². The van der Waals surface area contributed by atoms with Crippen molar-refractivity contribution in [1.82, 2.24) is 4.98 Å². The minimum Gasteiger partial charge on any atom is -0.507 e. The zero-order valence-electron chi connectivity index (χ0n) is 12.9. The fourth-order valence-corrected chi connectivity index (χ4v) is 2.23. The van der Waals surface area contributed by atoms with Crippen LogP contribution in [0.1, 0.15) is 21.5 Å². The van der Waals surface area contributed by atoms with E-state index in [0.717, 1.165) is 5.56 Å². The summed E-state index contributed by atoms with van der Waals surface area (Å²) in [5.74, 6) is -1.52. The molecule has 2 N–H and O–H groups in total. The van der Waals surface area contributed by atoms with Crippen molar-refractivity contribution in [2.45, 2.75) is 13.8 Å². The van der Waals surface area contributed by atoms with Crippen LogP contribution in [0.3, 0.4) is 0 Å². The molecule has 0 aliphatic heterocycles. The Bertz CT molecular complexity index is 809. The van der Waals surface area contributed by atoms with Crippen molar-refractivity contribution in [1.29, 1.82) is 0 Å². The largest absolute Gasteiger partial charge is 0.507 e. The molecular formula is C16H14Cl2N2O4. The Hall–Kier alpha value is -2.31. The lowest BCUT2D eigenvalue weighted by Gasteiger charge is -2.10. The van der Waals surface area contributed by atoms with Crippen LogP contribution in [0.15, 0.2) is 24.4 Å². The van der Waals surface area contributed by atoms with E-state index < -0.39 is 18.5 Å². The van der Waals surface area contributed by atoms with Crippen molar-refractivity contribution < 1.29 is 19.4 Å². The summed E-state index contributed by atoms with van der Waals surface area (Å²) in [7, 11) is 0. The van der Waals surface area contributed by atoms with Gasteiger partial charge in [-0.2, -0.15) is 0 Å². The molecule has 0 fully saturated rings. The molecule has 24 heavy (non-hydrogen) atoms. The molecule has 1 amide bonds. The summed E-state index contributed by atoms with van der Waals surface area (Å²) in [6, 6.07) is 4.50. The first-order chi connectivity index (χ1) is 11.3. The molecule has 0 saturated carbocycles. The van der Waals surface area contributed by atoms with Crippen LogP contribution in [-0.4, -0.2) is 28.6 Å². The molecule has 0 unspecified atom stereocenters. The average molecular weight is 369 g/mol. The number of phenolic OH excluding ortho intramolecular Hbond substituents is 1. The number of aromatic nitrogens is 1. The van der Waals surface area contributed by atoms with E-state index >= 15 is 0 Å². The summed E-state index contributed by atoms with van der Waals surface area (Å²) in [6.45, 7) is 2.90. The maximum Gasteiger partial charge on any atom is 0.342 e. The van der Waals surface area contributed by atoms with Gasteiger partial charge >= 0.3 is 5.97 Å². The van der Waals surface area contributed by atoms with E-state index in [-0.39, 0.29) is 22.2 Å². The third kappa shape index (κ3) is 4.15. The van der Waals surface area contributed by atoms with Gasteiger partial charge < -0.3 is 15.2 Å². The van der Waals surface area contributed by atoms with Crippen molar-refractivity contribution in [3.8, 4) is 5.75 Å². The Balaban J connectivity index is 1.98. The molecule has 1 heterocycles. The normalized spacial score (nSPS) is 10.3. The highest BCUT2D eigenvalue weighted by Gasteiger charge is 2.16. The van der Waals surface area contributed by atoms with Gasteiger partial charge in [-0.3, -0.25) is 4.79 Å². The average Bonchev–Trinajstić information content (AvgIpc) is 2.53. The van der Waals surface area contributed by atoms with Gasteiger partial charge in [0.15, 0.2) is 12.4 Å². The number of nitrogens with zero attached hydrogens (tertiary/aromatic N) is 1. The lowest BCUT2D eigenvalue weighted by Crippen LogP contribution is -2.21. The first kappa shape index (κ1) is 18.0. The third-order valence-corrected chi connectivity index (χ3v) is 4.01. The summed E-state index contributed by atoms with van der Waals surface area (Å²) in [6.07, 6.45) is 1.36. The number of hydrogen-bond acceptors (Lipinski definition) is 5. The molecule has 0 atom stereocenters. The van der Waals surface area contributed by atoms with Gasteiger partial charge in [-0.15, -0.1) is 0 Å². The predicted molar refractivity (Wildman–Crippen MR) is 90.8 cm³/mol. The molecule has 1 aromatic carbocycles. The van der Waals surface area contributed by atoms with Crippen LogP contribution >= 0.6 is 23.2 Å². The van der Waals surface area contributed by atoms with E-state index in [9.17, 15) is 14.7 Å². The summed E-state index contributed by atoms with van der Waals surface area (Å²) >= 11 is 11.9. The number of rotatable bonds is 4. The Kier molecular flexibility index (Phi) is 5.64. The molecule has 1 aromatic heterocycles. The highest BCUT2D eigenvalue weighted by Crippen LogP contribution is 2.28. The van der Waals surface area contributed by atoms with Crippen LogP contribution < -0.4 is 5.32 Å². The lowest BCUT2D eigenvalue weighted by molar-refractivity contribution is -0.119. The molecule has 2 aromatic rings. The number of pyridine rings is 1. The number of carbonyl (C=O) groups is 2. The quantitative estimate of drug-likeness (QED) is 0.806. The summed E-state index contributed by atoms with van der Waals surface area (Å²) in [5.41, 5.74) is 1.35. The number of hydrogen-bond donors (Lipinski definition) is 2. The van der Waals surface area contributed by atoms with E-state index in [1.165, 1.54) is 18.3 Å². The van der Waals surface area contributed by atoms with Crippen molar-refractivity contribution in [2.75, 3.05) is 11.9 Å². The van der Waals surface area contributed by atoms with E-state index in [0.29, 0.717) is 10.6 Å². The lowest BCUT2D eigenvalue weighted by atomic mass is 10.1. The van der Waals surface area contributed by atoms with Crippen LogP contribution in [-0.2, 0) is 9.53 Å². The van der Waals surface area contributed by atoms with Crippen LogP contribution in [0, 0.1) is 13.8 Å². The molecule has 6 nitrogen and oxygen atoms in total. The van der Waals surface area contributed by atoms with E-state index in [1.54, 1.807) is 19.9 Å². The SMILES string of the molecule is Cc1ccc(C(=O)OCC(=O)Nc2ncc(Cl)c(C)c2Cl)c(O)c1. The van der Waals surface area contributed by atoms with E-state index in [4.69, 9.17) is 27.9 Å². The Morgan fingerprint density at radius 1 is 1.29 bits per heavy atom. The standard InChI is InChI=1S/C16H14Cl2N2O4/c1-8-3-4-10(12(21)5-8)16(23)24-7-13(22)20-15-14(18)9(2)11(17)6-19-15/h3-6,21H,7H2,1-2H3,(H,19,20,22). The number of benzene rings is 1. The second-order valence-electron chi connectivity index (χ2n) is 5.04. The number of esters is 1. The Morgan fingerprint density at radius 3 is 2.67 bits per heavy atom. The van der Waals surface area contributed by atoms with Gasteiger partial charge in [-0.05, 0) is 37.1 Å². The molecule has 8 heteroatoms. The maximum absolute atomic E-state index is 11.9. The van der Waals surface area contributed by atoms with Gasteiger partial charge in [0, 0.05) is 6.20 Å². The Morgan fingerprint density at radius 2 is 2.00 bits per heavy atom. The topological polar surface area (TPSA) is 88.5 Å². The molecular weight excluding hydrogens is 355 g/mol. The van der Waals surface area contributed by atoms with Crippen molar-refractivity contribution in [3.05, 3.63) is 51.1 Å². The number of carbonyl (C=O) groups excluding carboxylic acids is 2. The third-order valence-electron chi connectivity index (χ3n) is 3.17. The fourth-order valence-electron chi connectivity index (χ4n) is 1.84. The van der Waals surface area contributed by atoms with Gasteiger partial charge in [-0.1, -0.05) is 29.3 Å². The number of anilines is 1. The van der Waals surface area contributed by atoms with Crippen molar-refractivity contribution in [2.24, 2.45) is 0 Å². The number of amides is 1. The molecule has 0 saturated heterocycles. The van der Waals surface area contributed by atoms with Gasteiger partial charge in [0.1, 0.15) is 11.3 Å². The van der Waals surface area contributed by atoms with Crippen LogP contribution in [0.5, 0.6) is 5.75 Å². The number of halogens is 2. The predicted octanol–water partition coefficient (Wildman–Crippen LogP) is 3.51. The number of ether oxygens (including phenoxy) is 1. The molecule has 2 rings (SSSR count). The molecule has 0 bridgehead atoms. The first-order valence-electron chi connectivity index (χ1n) is 6.86. The minimum atomic E-state index is -0.811. The number of aryl methyl sites for hydroxylation is 1. The van der Waals surface area contributed by atoms with Crippen LogP contribution in [0.25, 0.3) is 0 Å². The Labute approximate surface area is 148 Å². The van der Waals surface area contributed by atoms with Crippen molar-refractivity contribution >= 4 is 40.9 Å². The van der Waals surface area contributed by atoms with Crippen LogP contribution in [0.4, 0.5) is 5.82 Å². The summed E-state index contributed by atoms with van der Waals surface area (Å²) in [5, 5.41) is 12.7. The summed E-state index contributed by atoms with van der Waals surface area (Å²) in [4.78, 5) is 27.6. The maximum atomic E-state index is 11.9. The highest BCUT2D eigenvalue weighted by atomic mass is 35.5. The zero-order chi connectivity index (χ0) is 17.9.